The van der Waals surface area contributed by atoms with Crippen molar-refractivity contribution in [2.45, 2.75) is 24.2 Å². The molecule has 1 aliphatic rings. The number of rotatable bonds is 4. The Hall–Kier alpha value is -3.25. The van der Waals surface area contributed by atoms with Crippen molar-refractivity contribution in [3.63, 3.8) is 0 Å². The number of benzene rings is 2. The highest BCUT2D eigenvalue weighted by Gasteiger charge is 2.25. The zero-order chi connectivity index (χ0) is 23.0. The van der Waals surface area contributed by atoms with E-state index in [4.69, 9.17) is 0 Å². The monoisotopic (exact) mass is 475 g/mol. The first kappa shape index (κ1) is 22.9. The summed E-state index contributed by atoms with van der Waals surface area (Å²) in [5.41, 5.74) is 5.06. The van der Waals surface area contributed by atoms with Crippen LogP contribution in [-0.2, 0) is 24.1 Å². The Kier molecular flexibility index (Phi) is 7.68. The predicted molar refractivity (Wildman–Crippen MR) is 133 cm³/mol. The predicted octanol–water partition coefficient (Wildman–Crippen LogP) is 4.88. The molecule has 0 spiro atoms. The fourth-order valence-electron chi connectivity index (χ4n) is 3.62. The summed E-state index contributed by atoms with van der Waals surface area (Å²) in [5, 5.41) is 11.2. The van der Waals surface area contributed by atoms with Crippen LogP contribution >= 0.6 is 11.3 Å². The molecular formula is C25H25N5OS2. The first-order valence-corrected chi connectivity index (χ1v) is 12.6. The van der Waals surface area contributed by atoms with Gasteiger partial charge in [-0.3, -0.25) is 0 Å². The number of fused-ring (bicyclic) bond motifs is 1. The van der Waals surface area contributed by atoms with Crippen molar-refractivity contribution in [1.29, 1.82) is 5.26 Å². The second kappa shape index (κ2) is 11.1. The van der Waals surface area contributed by atoms with E-state index in [0.29, 0.717) is 25.2 Å². The summed E-state index contributed by atoms with van der Waals surface area (Å²) < 4.78 is 15.8. The molecule has 0 aliphatic carbocycles. The van der Waals surface area contributed by atoms with E-state index in [-0.39, 0.29) is 0 Å². The van der Waals surface area contributed by atoms with Crippen LogP contribution in [0.15, 0.2) is 82.8 Å². The second-order valence-corrected chi connectivity index (χ2v) is 10.3. The van der Waals surface area contributed by atoms with Crippen molar-refractivity contribution >= 4 is 28.0 Å². The zero-order valence-corrected chi connectivity index (χ0v) is 20.0. The van der Waals surface area contributed by atoms with Crippen LogP contribution in [0.3, 0.4) is 0 Å². The molecule has 1 atom stereocenters. The van der Waals surface area contributed by atoms with E-state index in [2.05, 4.69) is 40.0 Å². The standard InChI is InChI=1S/C18H17N5OS2.C7H8/c19-9-14-3-4-17-15(8-14)11-23(26(24)18-2-1-7-25-18)6-5-22(17)12-16-10-20-13-21-16;1-7-5-3-2-4-6-7/h1-4,7-8,10,13H,5-6,11-12H2,(H,20,21);2-6H,1H3. The topological polar surface area (TPSA) is 76.0 Å². The minimum atomic E-state index is -1.20. The summed E-state index contributed by atoms with van der Waals surface area (Å²) in [6.45, 7) is 4.75. The summed E-state index contributed by atoms with van der Waals surface area (Å²) in [6, 6.07) is 22.0. The first-order valence-electron chi connectivity index (χ1n) is 10.6. The van der Waals surface area contributed by atoms with Gasteiger partial charge in [0.25, 0.3) is 0 Å². The lowest BCUT2D eigenvalue weighted by Crippen LogP contribution is -2.32. The number of aromatic nitrogens is 2. The summed E-state index contributed by atoms with van der Waals surface area (Å²) in [7, 11) is -1.20. The molecule has 1 unspecified atom stereocenters. The van der Waals surface area contributed by atoms with E-state index in [1.807, 2.05) is 64.4 Å². The van der Waals surface area contributed by atoms with Crippen LogP contribution in [0.4, 0.5) is 5.69 Å². The van der Waals surface area contributed by atoms with Gasteiger partial charge in [0, 0.05) is 31.5 Å². The number of hydrogen-bond donors (Lipinski definition) is 1. The Balaban J connectivity index is 0.000000318. The van der Waals surface area contributed by atoms with Crippen molar-refractivity contribution in [1.82, 2.24) is 14.3 Å². The first-order chi connectivity index (χ1) is 16.1. The van der Waals surface area contributed by atoms with Gasteiger partial charge in [-0.25, -0.2) is 13.5 Å². The maximum Gasteiger partial charge on any atom is 0.138 e. The highest BCUT2D eigenvalue weighted by molar-refractivity contribution is 7.85. The number of H-pyrrole nitrogens is 1. The maximum absolute atomic E-state index is 12.9. The van der Waals surface area contributed by atoms with Crippen molar-refractivity contribution in [3.05, 3.63) is 101 Å². The normalized spacial score (nSPS) is 14.4. The van der Waals surface area contributed by atoms with Gasteiger partial charge in [0.05, 0.1) is 30.2 Å². The highest BCUT2D eigenvalue weighted by Crippen LogP contribution is 2.29. The molecule has 2 aromatic carbocycles. The Bertz CT molecular complexity index is 1220. The number of hydrogen-bond acceptors (Lipinski definition) is 5. The average molecular weight is 476 g/mol. The molecule has 1 aliphatic heterocycles. The Morgan fingerprint density at radius 2 is 2.00 bits per heavy atom. The molecule has 2 aromatic heterocycles. The van der Waals surface area contributed by atoms with Gasteiger partial charge in [0.1, 0.15) is 15.2 Å². The minimum Gasteiger partial charge on any atom is -0.364 e. The number of nitriles is 1. The van der Waals surface area contributed by atoms with Gasteiger partial charge in [-0.05, 0) is 42.1 Å². The summed E-state index contributed by atoms with van der Waals surface area (Å²) in [6.07, 6.45) is 3.49. The van der Waals surface area contributed by atoms with E-state index in [1.54, 1.807) is 6.33 Å². The number of nitrogens with zero attached hydrogens (tertiary/aromatic N) is 4. The van der Waals surface area contributed by atoms with Gasteiger partial charge in [0.2, 0.25) is 0 Å². The molecule has 33 heavy (non-hydrogen) atoms. The lowest BCUT2D eigenvalue weighted by Gasteiger charge is -2.24. The zero-order valence-electron chi connectivity index (χ0n) is 18.3. The average Bonchev–Trinajstić information content (AvgIpc) is 3.53. The second-order valence-electron chi connectivity index (χ2n) is 7.65. The Morgan fingerprint density at radius 1 is 1.15 bits per heavy atom. The molecule has 0 amide bonds. The quantitative estimate of drug-likeness (QED) is 0.456. The van der Waals surface area contributed by atoms with Crippen LogP contribution in [0.1, 0.15) is 22.4 Å². The van der Waals surface area contributed by atoms with Gasteiger partial charge in [-0.15, -0.1) is 11.3 Å². The molecule has 0 saturated heterocycles. The molecule has 8 heteroatoms. The third-order valence-corrected chi connectivity index (χ3v) is 7.91. The van der Waals surface area contributed by atoms with E-state index < -0.39 is 11.0 Å². The molecule has 6 nitrogen and oxygen atoms in total. The summed E-state index contributed by atoms with van der Waals surface area (Å²) >= 11 is 1.50. The minimum absolute atomic E-state index is 0.550. The fraction of sp³-hybridized carbons (Fsp3) is 0.200. The summed E-state index contributed by atoms with van der Waals surface area (Å²) in [4.78, 5) is 9.47. The van der Waals surface area contributed by atoms with Crippen LogP contribution in [0.2, 0.25) is 0 Å². The number of aromatic amines is 1. The highest BCUT2D eigenvalue weighted by atomic mass is 32.2. The molecule has 168 valence electrons. The molecular weight excluding hydrogens is 450 g/mol. The molecule has 5 rings (SSSR count). The van der Waals surface area contributed by atoms with Crippen LogP contribution in [0.25, 0.3) is 0 Å². The van der Waals surface area contributed by atoms with Crippen molar-refractivity contribution in [2.24, 2.45) is 0 Å². The van der Waals surface area contributed by atoms with E-state index in [0.717, 1.165) is 27.7 Å². The van der Waals surface area contributed by atoms with Crippen LogP contribution in [-0.4, -0.2) is 31.6 Å². The smallest absolute Gasteiger partial charge is 0.138 e. The lowest BCUT2D eigenvalue weighted by molar-refractivity contribution is 0.455. The number of aryl methyl sites for hydroxylation is 1. The molecule has 1 N–H and O–H groups in total. The van der Waals surface area contributed by atoms with Gasteiger partial charge in [0.15, 0.2) is 0 Å². The van der Waals surface area contributed by atoms with E-state index >= 15 is 0 Å². The van der Waals surface area contributed by atoms with E-state index in [1.165, 1.54) is 16.9 Å². The third kappa shape index (κ3) is 5.96. The van der Waals surface area contributed by atoms with E-state index in [9.17, 15) is 9.47 Å². The Labute approximate surface area is 200 Å². The van der Waals surface area contributed by atoms with Crippen LogP contribution in [0, 0.1) is 18.3 Å². The largest absolute Gasteiger partial charge is 0.364 e. The van der Waals surface area contributed by atoms with Crippen LogP contribution in [0.5, 0.6) is 0 Å². The van der Waals surface area contributed by atoms with Gasteiger partial charge < -0.3 is 9.88 Å². The molecule has 0 bridgehead atoms. The van der Waals surface area contributed by atoms with Crippen molar-refractivity contribution in [2.75, 3.05) is 18.0 Å². The Morgan fingerprint density at radius 3 is 2.64 bits per heavy atom. The number of imidazole rings is 1. The lowest BCUT2D eigenvalue weighted by atomic mass is 10.1. The number of thiophene rings is 1. The summed E-state index contributed by atoms with van der Waals surface area (Å²) in [5.74, 6) is 0. The van der Waals surface area contributed by atoms with Gasteiger partial charge in [-0.1, -0.05) is 42.0 Å². The van der Waals surface area contributed by atoms with Crippen LogP contribution < -0.4 is 4.90 Å². The molecule has 0 fully saturated rings. The van der Waals surface area contributed by atoms with Gasteiger partial charge >= 0.3 is 0 Å². The molecule has 4 aromatic rings. The van der Waals surface area contributed by atoms with Crippen molar-refractivity contribution in [3.8, 4) is 6.07 Å². The fourth-order valence-corrected chi connectivity index (χ4v) is 5.83. The SMILES string of the molecule is Cc1ccccc1.N#Cc1ccc2c(c1)CN(S(=O)c1cccs1)CCN2Cc1cnc[nH]1. The molecule has 0 saturated carbocycles. The molecule has 3 heterocycles. The third-order valence-electron chi connectivity index (χ3n) is 5.27. The number of anilines is 1. The van der Waals surface area contributed by atoms with Gasteiger partial charge in [-0.2, -0.15) is 5.26 Å². The number of nitrogens with one attached hydrogen (secondary N) is 1. The molecule has 0 radical (unpaired) electrons. The maximum atomic E-state index is 12.9. The van der Waals surface area contributed by atoms with Crippen molar-refractivity contribution < 1.29 is 4.21 Å².